The summed E-state index contributed by atoms with van der Waals surface area (Å²) in [4.78, 5) is 17.0. The highest BCUT2D eigenvalue weighted by molar-refractivity contribution is 6.30. The molecule has 0 radical (unpaired) electrons. The molecule has 0 heterocycles. The van der Waals surface area contributed by atoms with Crippen LogP contribution in [0.25, 0.3) is 0 Å². The summed E-state index contributed by atoms with van der Waals surface area (Å²) in [7, 11) is 0. The molecule has 1 atom stereocenters. The second-order valence-electron chi connectivity index (χ2n) is 6.69. The molecule has 0 unspecified atom stereocenters. The maximum atomic E-state index is 12.5. The molecule has 1 aromatic rings. The Bertz CT molecular complexity index is 517. The Balaban J connectivity index is 2.95. The van der Waals surface area contributed by atoms with Gasteiger partial charge in [0.25, 0.3) is 0 Å². The van der Waals surface area contributed by atoms with Crippen molar-refractivity contribution >= 4 is 23.8 Å². The van der Waals surface area contributed by atoms with Crippen LogP contribution in [0.5, 0.6) is 0 Å². The number of carbonyl (C=O) groups is 1. The van der Waals surface area contributed by atoms with Crippen molar-refractivity contribution in [2.75, 3.05) is 0 Å². The van der Waals surface area contributed by atoms with Crippen LogP contribution < -0.4 is 0 Å². The quantitative estimate of drug-likeness (QED) is 0.542. The number of benzene rings is 1. The van der Waals surface area contributed by atoms with Crippen LogP contribution >= 0.6 is 11.6 Å². The number of unbranched alkanes of at least 4 members (excludes halogenated alkanes) is 1. The summed E-state index contributed by atoms with van der Waals surface area (Å²) in [6.07, 6.45) is 4.32. The van der Waals surface area contributed by atoms with Crippen LogP contribution in [-0.4, -0.2) is 23.3 Å². The van der Waals surface area contributed by atoms with Crippen LogP contribution in [0.4, 0.5) is 0 Å². The van der Waals surface area contributed by atoms with Crippen LogP contribution in [0.2, 0.25) is 5.02 Å². The lowest BCUT2D eigenvalue weighted by molar-refractivity contribution is -0.161. The number of ether oxygens (including phenoxy) is 1. The van der Waals surface area contributed by atoms with Gasteiger partial charge in [-0.2, -0.15) is 0 Å². The highest BCUT2D eigenvalue weighted by Gasteiger charge is 2.35. The second-order valence-corrected chi connectivity index (χ2v) is 7.13. The van der Waals surface area contributed by atoms with E-state index in [-0.39, 0.29) is 5.97 Å². The summed E-state index contributed by atoms with van der Waals surface area (Å²) in [5.41, 5.74) is -0.459. The molecule has 0 aliphatic rings. The lowest BCUT2D eigenvalue weighted by atomic mass is 9.95. The monoisotopic (exact) mass is 323 g/mol. The molecule has 4 heteroatoms. The minimum atomic E-state index is -0.858. The first kappa shape index (κ1) is 18.7. The van der Waals surface area contributed by atoms with Gasteiger partial charge in [0.15, 0.2) is 5.54 Å². The zero-order valence-electron chi connectivity index (χ0n) is 14.1. The fourth-order valence-electron chi connectivity index (χ4n) is 1.89. The third-order valence-electron chi connectivity index (χ3n) is 3.22. The number of nitrogens with zero attached hydrogens (tertiary/aromatic N) is 1. The van der Waals surface area contributed by atoms with Crippen LogP contribution in [0.1, 0.15) is 59.4 Å². The van der Waals surface area contributed by atoms with E-state index in [9.17, 15) is 4.79 Å². The van der Waals surface area contributed by atoms with Crippen LogP contribution in [0.3, 0.4) is 0 Å². The lowest BCUT2D eigenvalue weighted by Crippen LogP contribution is -2.40. The van der Waals surface area contributed by atoms with Crippen molar-refractivity contribution < 1.29 is 9.53 Å². The molecular formula is C18H26ClNO2. The van der Waals surface area contributed by atoms with Gasteiger partial charge in [-0.25, -0.2) is 4.79 Å². The number of carbonyl (C=O) groups excluding carboxylic acids is 1. The predicted octanol–water partition coefficient (Wildman–Crippen LogP) is 5.05. The summed E-state index contributed by atoms with van der Waals surface area (Å²) in [5, 5.41) is 0.679. The van der Waals surface area contributed by atoms with E-state index in [2.05, 4.69) is 11.9 Å². The van der Waals surface area contributed by atoms with Gasteiger partial charge in [0, 0.05) is 11.2 Å². The summed E-state index contributed by atoms with van der Waals surface area (Å²) in [6.45, 7) is 9.54. The Kier molecular flexibility index (Phi) is 6.61. The standard InChI is InChI=1S/C18H26ClNO2/c1-6-7-12-18(5,16(21)22-17(2,3)4)20-13-14-8-10-15(19)11-9-14/h8-11,13H,6-7,12H2,1-5H3/t18-/m1/s1. The average molecular weight is 324 g/mol. The van der Waals surface area contributed by atoms with Crippen molar-refractivity contribution in [1.29, 1.82) is 0 Å². The van der Waals surface area contributed by atoms with E-state index in [1.165, 1.54) is 0 Å². The molecule has 0 aliphatic carbocycles. The first-order valence-corrected chi connectivity index (χ1v) is 8.08. The molecule has 0 fully saturated rings. The minimum Gasteiger partial charge on any atom is -0.458 e. The average Bonchev–Trinajstić information content (AvgIpc) is 2.42. The number of aliphatic imine (C=N–C) groups is 1. The summed E-state index contributed by atoms with van der Waals surface area (Å²) in [6, 6.07) is 7.36. The Morgan fingerprint density at radius 3 is 2.32 bits per heavy atom. The van der Waals surface area contributed by atoms with E-state index in [0.29, 0.717) is 11.4 Å². The molecular weight excluding hydrogens is 298 g/mol. The third kappa shape index (κ3) is 6.18. The highest BCUT2D eigenvalue weighted by Crippen LogP contribution is 2.24. The zero-order chi connectivity index (χ0) is 16.8. The maximum Gasteiger partial charge on any atom is 0.334 e. The van der Waals surface area contributed by atoms with E-state index < -0.39 is 11.1 Å². The van der Waals surface area contributed by atoms with Crippen molar-refractivity contribution in [3.05, 3.63) is 34.9 Å². The van der Waals surface area contributed by atoms with Crippen LogP contribution in [0.15, 0.2) is 29.3 Å². The summed E-state index contributed by atoms with van der Waals surface area (Å²) in [5.74, 6) is -0.279. The van der Waals surface area contributed by atoms with E-state index in [0.717, 1.165) is 18.4 Å². The number of hydrogen-bond acceptors (Lipinski definition) is 3. The largest absolute Gasteiger partial charge is 0.458 e. The number of hydrogen-bond donors (Lipinski definition) is 0. The molecule has 22 heavy (non-hydrogen) atoms. The molecule has 0 spiro atoms. The molecule has 0 N–H and O–H groups in total. The van der Waals surface area contributed by atoms with E-state index in [4.69, 9.17) is 16.3 Å². The summed E-state index contributed by atoms with van der Waals surface area (Å²) >= 11 is 5.87. The van der Waals surface area contributed by atoms with Crippen molar-refractivity contribution in [2.24, 2.45) is 4.99 Å². The first-order valence-electron chi connectivity index (χ1n) is 7.70. The molecule has 0 bridgehead atoms. The van der Waals surface area contributed by atoms with Gasteiger partial charge in [-0.05, 0) is 51.8 Å². The van der Waals surface area contributed by atoms with Gasteiger partial charge < -0.3 is 4.74 Å². The third-order valence-corrected chi connectivity index (χ3v) is 3.48. The molecule has 1 aromatic carbocycles. The highest BCUT2D eigenvalue weighted by atomic mass is 35.5. The van der Waals surface area contributed by atoms with Crippen molar-refractivity contribution in [3.63, 3.8) is 0 Å². The zero-order valence-corrected chi connectivity index (χ0v) is 14.9. The number of esters is 1. The van der Waals surface area contributed by atoms with Gasteiger partial charge >= 0.3 is 5.97 Å². The molecule has 0 amide bonds. The Labute approximate surface area is 138 Å². The molecule has 0 aromatic heterocycles. The smallest absolute Gasteiger partial charge is 0.334 e. The van der Waals surface area contributed by atoms with Gasteiger partial charge in [0.05, 0.1) is 0 Å². The Morgan fingerprint density at radius 1 is 1.23 bits per heavy atom. The van der Waals surface area contributed by atoms with Gasteiger partial charge in [0.1, 0.15) is 5.60 Å². The topological polar surface area (TPSA) is 38.7 Å². The predicted molar refractivity (Wildman–Crippen MR) is 92.8 cm³/mol. The number of rotatable bonds is 6. The lowest BCUT2D eigenvalue weighted by Gasteiger charge is -2.28. The molecule has 122 valence electrons. The Morgan fingerprint density at radius 2 is 1.82 bits per heavy atom. The van der Waals surface area contributed by atoms with Crippen molar-refractivity contribution in [3.8, 4) is 0 Å². The fraction of sp³-hybridized carbons (Fsp3) is 0.556. The van der Waals surface area contributed by atoms with Gasteiger partial charge in [-0.15, -0.1) is 0 Å². The Hall–Kier alpha value is -1.35. The summed E-state index contributed by atoms with van der Waals surface area (Å²) < 4.78 is 5.53. The van der Waals surface area contributed by atoms with E-state index in [1.807, 2.05) is 39.8 Å². The van der Waals surface area contributed by atoms with Crippen molar-refractivity contribution in [2.45, 2.75) is 65.0 Å². The molecule has 3 nitrogen and oxygen atoms in total. The molecule has 0 aliphatic heterocycles. The maximum absolute atomic E-state index is 12.5. The van der Waals surface area contributed by atoms with Crippen LogP contribution in [0, 0.1) is 0 Å². The van der Waals surface area contributed by atoms with E-state index >= 15 is 0 Å². The van der Waals surface area contributed by atoms with E-state index in [1.54, 1.807) is 18.3 Å². The number of halogens is 1. The first-order chi connectivity index (χ1) is 10.2. The molecule has 1 rings (SSSR count). The van der Waals surface area contributed by atoms with Crippen molar-refractivity contribution in [1.82, 2.24) is 0 Å². The molecule has 0 saturated heterocycles. The minimum absolute atomic E-state index is 0.279. The van der Waals surface area contributed by atoms with Gasteiger partial charge in [0.2, 0.25) is 0 Å². The van der Waals surface area contributed by atoms with Gasteiger partial charge in [-0.1, -0.05) is 43.5 Å². The second kappa shape index (κ2) is 7.77. The van der Waals surface area contributed by atoms with Gasteiger partial charge in [-0.3, -0.25) is 4.99 Å². The molecule has 0 saturated carbocycles. The van der Waals surface area contributed by atoms with Crippen LogP contribution in [-0.2, 0) is 9.53 Å². The normalized spacial score (nSPS) is 14.8. The SMILES string of the molecule is CCCC[C@@](C)(N=Cc1ccc(Cl)cc1)C(=O)OC(C)(C)C. The fourth-order valence-corrected chi connectivity index (χ4v) is 2.02.